The van der Waals surface area contributed by atoms with E-state index in [0.717, 1.165) is 6.42 Å². The van der Waals surface area contributed by atoms with Gasteiger partial charge in [-0.05, 0) is 6.42 Å². The van der Waals surface area contributed by atoms with Crippen LogP contribution >= 0.6 is 0 Å². The van der Waals surface area contributed by atoms with Crippen LogP contribution in [-0.2, 0) is 9.59 Å². The third kappa shape index (κ3) is 17.0. The number of aliphatic hydroxyl groups is 3. The Kier molecular flexibility index (Phi) is 18.0. The second-order valence-electron chi connectivity index (χ2n) is 5.47. The molecule has 0 aliphatic carbocycles. The summed E-state index contributed by atoms with van der Waals surface area (Å²) in [5.41, 5.74) is 0. The van der Waals surface area contributed by atoms with Gasteiger partial charge in [0.1, 0.15) is 0 Å². The zero-order valence-corrected chi connectivity index (χ0v) is 14.0. The molecule has 0 saturated carbocycles. The van der Waals surface area contributed by atoms with Crippen LogP contribution in [0, 0.1) is 0 Å². The number of hydrogen-bond acceptors (Lipinski definition) is 5. The van der Waals surface area contributed by atoms with E-state index in [4.69, 9.17) is 25.5 Å². The molecule has 0 aromatic heterocycles. The third-order valence-electron chi connectivity index (χ3n) is 3.32. The van der Waals surface area contributed by atoms with E-state index in [1.54, 1.807) is 0 Å². The molecule has 0 aliphatic heterocycles. The number of carbonyl (C=O) groups is 2. The highest BCUT2D eigenvalue weighted by Gasteiger charge is 2.29. The maximum Gasteiger partial charge on any atom is 0.335 e. The van der Waals surface area contributed by atoms with Gasteiger partial charge in [0.15, 0.2) is 12.2 Å². The van der Waals surface area contributed by atoms with Crippen molar-refractivity contribution < 1.29 is 35.1 Å². The number of aliphatic hydroxyl groups excluding tert-OH is 3. The molecule has 0 fully saturated rings. The molecule has 0 rings (SSSR count). The maximum atomic E-state index is 9.77. The standard InChI is InChI=1S/C12H26O.C4H6O6/c1-2-3-4-5-6-7-8-9-10-11-12-13;5-1(3(7)8)2(6)4(9)10/h13H,2-12H2,1H3;1-2,5-6H,(H,7,8)(H,9,10). The van der Waals surface area contributed by atoms with Crippen LogP contribution in [0.2, 0.25) is 0 Å². The number of aliphatic carboxylic acids is 2. The molecule has 5 N–H and O–H groups in total. The van der Waals surface area contributed by atoms with Crippen molar-refractivity contribution in [3.8, 4) is 0 Å². The van der Waals surface area contributed by atoms with Crippen molar-refractivity contribution in [2.45, 2.75) is 83.3 Å². The Morgan fingerprint density at radius 2 is 1.00 bits per heavy atom. The minimum atomic E-state index is -2.27. The summed E-state index contributed by atoms with van der Waals surface area (Å²) in [5.74, 6) is -3.54. The van der Waals surface area contributed by atoms with Crippen molar-refractivity contribution in [2.24, 2.45) is 0 Å². The van der Waals surface area contributed by atoms with Crippen LogP contribution in [0.4, 0.5) is 0 Å². The summed E-state index contributed by atoms with van der Waals surface area (Å²) in [4.78, 5) is 19.5. The molecule has 0 amide bonds. The van der Waals surface area contributed by atoms with E-state index >= 15 is 0 Å². The smallest absolute Gasteiger partial charge is 0.335 e. The number of carboxylic acids is 2. The largest absolute Gasteiger partial charge is 0.479 e. The van der Waals surface area contributed by atoms with Gasteiger partial charge in [-0.2, -0.15) is 0 Å². The highest BCUT2D eigenvalue weighted by molar-refractivity contribution is 5.83. The summed E-state index contributed by atoms with van der Waals surface area (Å²) in [6.45, 7) is 2.63. The fourth-order valence-corrected chi connectivity index (χ4v) is 1.87. The summed E-state index contributed by atoms with van der Waals surface area (Å²) in [6.07, 6.45) is 8.77. The number of rotatable bonds is 13. The van der Waals surface area contributed by atoms with Gasteiger partial charge in [-0.15, -0.1) is 0 Å². The van der Waals surface area contributed by atoms with Gasteiger partial charge in [-0.1, -0.05) is 64.7 Å². The van der Waals surface area contributed by atoms with Crippen molar-refractivity contribution in [3.05, 3.63) is 0 Å². The quantitative estimate of drug-likeness (QED) is 0.323. The summed E-state index contributed by atoms with van der Waals surface area (Å²) >= 11 is 0. The van der Waals surface area contributed by atoms with Crippen molar-refractivity contribution in [2.75, 3.05) is 6.61 Å². The fraction of sp³-hybridized carbons (Fsp3) is 0.875. The molecule has 0 aromatic carbocycles. The zero-order valence-electron chi connectivity index (χ0n) is 14.0. The van der Waals surface area contributed by atoms with Gasteiger partial charge in [0, 0.05) is 6.61 Å². The highest BCUT2D eigenvalue weighted by Crippen LogP contribution is 2.09. The van der Waals surface area contributed by atoms with E-state index in [2.05, 4.69) is 6.92 Å². The van der Waals surface area contributed by atoms with Gasteiger partial charge < -0.3 is 25.5 Å². The Hall–Kier alpha value is -1.18. The SMILES string of the molecule is CCCCCCCCCCCCO.O=C(O)C(O)C(O)C(=O)O. The van der Waals surface area contributed by atoms with Crippen molar-refractivity contribution in [3.63, 3.8) is 0 Å². The van der Waals surface area contributed by atoms with E-state index in [0.29, 0.717) is 6.61 Å². The van der Waals surface area contributed by atoms with Gasteiger partial charge in [-0.3, -0.25) is 0 Å². The topological polar surface area (TPSA) is 135 Å². The van der Waals surface area contributed by atoms with Crippen molar-refractivity contribution >= 4 is 11.9 Å². The van der Waals surface area contributed by atoms with E-state index in [1.807, 2.05) is 0 Å². The fourth-order valence-electron chi connectivity index (χ4n) is 1.87. The Balaban J connectivity index is 0. The molecule has 0 bridgehead atoms. The van der Waals surface area contributed by atoms with E-state index in [1.165, 1.54) is 57.8 Å². The maximum absolute atomic E-state index is 9.77. The van der Waals surface area contributed by atoms with Gasteiger partial charge in [0.05, 0.1) is 0 Å². The van der Waals surface area contributed by atoms with Crippen molar-refractivity contribution in [1.82, 2.24) is 0 Å². The summed E-state index contributed by atoms with van der Waals surface area (Å²) < 4.78 is 0. The highest BCUT2D eigenvalue weighted by atomic mass is 16.4. The number of carboxylic acid groups (broad SMARTS) is 2. The molecule has 23 heavy (non-hydrogen) atoms. The zero-order chi connectivity index (χ0) is 18.1. The van der Waals surface area contributed by atoms with Crippen molar-refractivity contribution in [1.29, 1.82) is 0 Å². The Morgan fingerprint density at radius 3 is 1.26 bits per heavy atom. The third-order valence-corrected chi connectivity index (χ3v) is 3.32. The molecule has 138 valence electrons. The predicted octanol–water partition coefficient (Wildman–Crippen LogP) is 1.78. The average molecular weight is 336 g/mol. The predicted molar refractivity (Wildman–Crippen MR) is 86.2 cm³/mol. The van der Waals surface area contributed by atoms with Gasteiger partial charge in [0.2, 0.25) is 0 Å². The lowest BCUT2D eigenvalue weighted by molar-refractivity contribution is -0.165. The molecule has 7 heteroatoms. The lowest BCUT2D eigenvalue weighted by Crippen LogP contribution is -2.39. The van der Waals surface area contributed by atoms with Gasteiger partial charge in [0.25, 0.3) is 0 Å². The average Bonchev–Trinajstić information content (AvgIpc) is 2.52. The lowest BCUT2D eigenvalue weighted by atomic mass is 10.1. The molecule has 2 atom stereocenters. The minimum Gasteiger partial charge on any atom is -0.479 e. The molecular weight excluding hydrogens is 304 g/mol. The minimum absolute atomic E-state index is 0.372. The normalized spacial score (nSPS) is 12.9. The monoisotopic (exact) mass is 336 g/mol. The Morgan fingerprint density at radius 1 is 0.696 bits per heavy atom. The van der Waals surface area contributed by atoms with Crippen LogP contribution in [-0.4, -0.2) is 56.3 Å². The van der Waals surface area contributed by atoms with E-state index < -0.39 is 24.1 Å². The summed E-state index contributed by atoms with van der Waals surface area (Å²) in [6, 6.07) is 0. The van der Waals surface area contributed by atoms with Crippen LogP contribution in [0.5, 0.6) is 0 Å². The Labute approximate surface area is 138 Å². The molecule has 7 nitrogen and oxygen atoms in total. The van der Waals surface area contributed by atoms with Crippen LogP contribution in [0.1, 0.15) is 71.1 Å². The summed E-state index contributed by atoms with van der Waals surface area (Å²) in [7, 11) is 0. The van der Waals surface area contributed by atoms with Gasteiger partial charge in [-0.25, -0.2) is 9.59 Å². The first-order chi connectivity index (χ1) is 10.9. The first-order valence-corrected chi connectivity index (χ1v) is 8.31. The molecule has 0 aliphatic rings. The number of hydrogen-bond donors (Lipinski definition) is 5. The molecule has 0 aromatic rings. The van der Waals surface area contributed by atoms with Crippen LogP contribution < -0.4 is 0 Å². The number of unbranched alkanes of at least 4 members (excludes halogenated alkanes) is 9. The van der Waals surface area contributed by atoms with E-state index in [-0.39, 0.29) is 0 Å². The van der Waals surface area contributed by atoms with E-state index in [9.17, 15) is 9.59 Å². The Bertz CT molecular complexity index is 266. The first-order valence-electron chi connectivity index (χ1n) is 8.31. The van der Waals surface area contributed by atoms with Crippen LogP contribution in [0.25, 0.3) is 0 Å². The molecule has 0 heterocycles. The van der Waals surface area contributed by atoms with Crippen LogP contribution in [0.3, 0.4) is 0 Å². The lowest BCUT2D eigenvalue weighted by Gasteiger charge is -2.07. The van der Waals surface area contributed by atoms with Crippen LogP contribution in [0.15, 0.2) is 0 Å². The molecular formula is C16H32O7. The first kappa shape index (κ1) is 24.1. The second kappa shape index (κ2) is 17.2. The molecule has 2 unspecified atom stereocenters. The molecule has 0 spiro atoms. The molecule has 0 saturated heterocycles. The molecule has 0 radical (unpaired) electrons. The van der Waals surface area contributed by atoms with Gasteiger partial charge >= 0.3 is 11.9 Å². The second-order valence-corrected chi connectivity index (χ2v) is 5.47. The summed E-state index contributed by atoms with van der Waals surface area (Å²) in [5, 5.41) is 41.1.